The minimum Gasteiger partial charge on any atom is -0.390 e. The molecule has 136 valence electrons. The number of anilines is 1. The first kappa shape index (κ1) is 17.7. The summed E-state index contributed by atoms with van der Waals surface area (Å²) in [5, 5.41) is 13.4. The Morgan fingerprint density at radius 2 is 2.08 bits per heavy atom. The quantitative estimate of drug-likeness (QED) is 0.827. The number of fused-ring (bicyclic) bond motifs is 1. The average molecular weight is 345 g/mol. The molecule has 3 rings (SSSR count). The molecule has 0 aromatic heterocycles. The Kier molecular flexibility index (Phi) is 5.27. The molecule has 6 heteroatoms. The molecule has 0 bridgehead atoms. The molecule has 1 aromatic carbocycles. The molecule has 2 N–H and O–H groups in total. The van der Waals surface area contributed by atoms with Crippen LogP contribution in [-0.4, -0.2) is 60.6 Å². The van der Waals surface area contributed by atoms with Crippen LogP contribution in [0.3, 0.4) is 0 Å². The number of rotatable bonds is 5. The number of nitrogens with zero attached hydrogens (tertiary/aromatic N) is 2. The third kappa shape index (κ3) is 3.63. The zero-order valence-corrected chi connectivity index (χ0v) is 14.9. The smallest absolute Gasteiger partial charge is 0.225 e. The Balaban J connectivity index is 1.48. The number of aliphatic hydroxyl groups excluding tert-OH is 1. The predicted molar refractivity (Wildman–Crippen MR) is 96.3 cm³/mol. The van der Waals surface area contributed by atoms with E-state index in [0.717, 1.165) is 19.5 Å². The van der Waals surface area contributed by atoms with Gasteiger partial charge in [-0.15, -0.1) is 0 Å². The molecule has 1 aromatic rings. The molecule has 0 unspecified atom stereocenters. The van der Waals surface area contributed by atoms with E-state index < -0.39 is 12.0 Å². The second-order valence-corrected chi connectivity index (χ2v) is 7.03. The van der Waals surface area contributed by atoms with E-state index in [1.807, 2.05) is 6.07 Å². The summed E-state index contributed by atoms with van der Waals surface area (Å²) in [5.74, 6) is -0.630. The van der Waals surface area contributed by atoms with Gasteiger partial charge in [0.15, 0.2) is 0 Å². The van der Waals surface area contributed by atoms with E-state index in [1.165, 1.54) is 18.2 Å². The molecule has 2 aliphatic rings. The number of carbonyl (C=O) groups excluding carboxylic acids is 2. The highest BCUT2D eigenvalue weighted by atomic mass is 16.3. The van der Waals surface area contributed by atoms with Crippen molar-refractivity contribution in [2.24, 2.45) is 5.92 Å². The van der Waals surface area contributed by atoms with E-state index in [4.69, 9.17) is 0 Å². The lowest BCUT2D eigenvalue weighted by Gasteiger charge is -2.27. The van der Waals surface area contributed by atoms with Crippen molar-refractivity contribution in [3.05, 3.63) is 29.8 Å². The monoisotopic (exact) mass is 345 g/mol. The van der Waals surface area contributed by atoms with E-state index in [2.05, 4.69) is 28.4 Å². The summed E-state index contributed by atoms with van der Waals surface area (Å²) in [7, 11) is 1.68. The predicted octanol–water partition coefficient (Wildman–Crippen LogP) is 0.783. The molecule has 0 radical (unpaired) electrons. The number of nitrogens with one attached hydrogen (secondary N) is 1. The number of likely N-dealkylation sites (N-methyl/N-ethyl adjacent to an activating group) is 1. The lowest BCUT2D eigenvalue weighted by atomic mass is 10.0. The zero-order valence-electron chi connectivity index (χ0n) is 14.9. The van der Waals surface area contributed by atoms with Gasteiger partial charge in [0.2, 0.25) is 11.8 Å². The number of amides is 2. The van der Waals surface area contributed by atoms with Gasteiger partial charge in [0, 0.05) is 39.3 Å². The molecule has 2 amide bonds. The van der Waals surface area contributed by atoms with Crippen molar-refractivity contribution in [1.29, 1.82) is 0 Å². The molecule has 1 aliphatic carbocycles. The van der Waals surface area contributed by atoms with Gasteiger partial charge in [0.1, 0.15) is 0 Å². The van der Waals surface area contributed by atoms with Gasteiger partial charge >= 0.3 is 0 Å². The standard InChI is InChI=1S/C19H27N3O3/c1-13(23)21(2)17-8-7-15(18(17)24)19(25)20-10-12-22-11-9-14-5-3-4-6-16(14)22/h3-6,15,17-18,24H,7-12H2,1-2H3,(H,20,25)/t15-,17-,18+/m1/s1. The highest BCUT2D eigenvalue weighted by molar-refractivity contribution is 5.80. The van der Waals surface area contributed by atoms with Gasteiger partial charge in [-0.1, -0.05) is 18.2 Å². The van der Waals surface area contributed by atoms with Crippen LogP contribution in [0, 0.1) is 5.92 Å². The van der Waals surface area contributed by atoms with Crippen LogP contribution in [0.2, 0.25) is 0 Å². The molecular formula is C19H27N3O3. The number of hydrogen-bond acceptors (Lipinski definition) is 4. The van der Waals surface area contributed by atoms with E-state index in [0.29, 0.717) is 19.4 Å². The van der Waals surface area contributed by atoms with Gasteiger partial charge < -0.3 is 20.2 Å². The van der Waals surface area contributed by atoms with Crippen molar-refractivity contribution in [3.8, 4) is 0 Å². The van der Waals surface area contributed by atoms with Crippen molar-refractivity contribution in [2.75, 3.05) is 31.6 Å². The van der Waals surface area contributed by atoms with E-state index in [1.54, 1.807) is 11.9 Å². The lowest BCUT2D eigenvalue weighted by Crippen LogP contribution is -2.46. The molecule has 1 saturated carbocycles. The van der Waals surface area contributed by atoms with Gasteiger partial charge in [-0.3, -0.25) is 9.59 Å². The summed E-state index contributed by atoms with van der Waals surface area (Å²) in [6.45, 7) is 3.78. The highest BCUT2D eigenvalue weighted by Crippen LogP contribution is 2.30. The molecule has 0 spiro atoms. The first-order valence-corrected chi connectivity index (χ1v) is 9.01. The van der Waals surface area contributed by atoms with Crippen LogP contribution in [0.25, 0.3) is 0 Å². The molecular weight excluding hydrogens is 318 g/mol. The molecule has 3 atom stereocenters. The maximum Gasteiger partial charge on any atom is 0.225 e. The largest absolute Gasteiger partial charge is 0.390 e. The fraction of sp³-hybridized carbons (Fsp3) is 0.579. The summed E-state index contributed by atoms with van der Waals surface area (Å²) < 4.78 is 0. The van der Waals surface area contributed by atoms with Crippen molar-refractivity contribution in [1.82, 2.24) is 10.2 Å². The first-order chi connectivity index (χ1) is 12.0. The van der Waals surface area contributed by atoms with Crippen LogP contribution in [-0.2, 0) is 16.0 Å². The fourth-order valence-corrected chi connectivity index (χ4v) is 3.99. The van der Waals surface area contributed by atoms with Gasteiger partial charge in [-0.25, -0.2) is 0 Å². The second kappa shape index (κ2) is 7.44. The van der Waals surface area contributed by atoms with Crippen LogP contribution in [0.4, 0.5) is 5.69 Å². The second-order valence-electron chi connectivity index (χ2n) is 7.03. The average Bonchev–Trinajstić information content (AvgIpc) is 3.18. The van der Waals surface area contributed by atoms with Crippen LogP contribution in [0.5, 0.6) is 0 Å². The third-order valence-electron chi connectivity index (χ3n) is 5.58. The minimum atomic E-state index is -0.790. The number of carbonyl (C=O) groups is 2. The van der Waals surface area contributed by atoms with Crippen LogP contribution in [0.1, 0.15) is 25.3 Å². The first-order valence-electron chi connectivity index (χ1n) is 9.01. The molecule has 1 aliphatic heterocycles. The SMILES string of the molecule is CC(=O)N(C)[C@@H]1CC[C@@H](C(=O)NCCN2CCc3ccccc32)[C@@H]1O. The Labute approximate surface area is 148 Å². The van der Waals surface area contributed by atoms with Crippen LogP contribution in [0.15, 0.2) is 24.3 Å². The van der Waals surface area contributed by atoms with Crippen LogP contribution >= 0.6 is 0 Å². The van der Waals surface area contributed by atoms with E-state index >= 15 is 0 Å². The Morgan fingerprint density at radius 3 is 2.84 bits per heavy atom. The minimum absolute atomic E-state index is 0.0854. The molecule has 1 heterocycles. The van der Waals surface area contributed by atoms with Gasteiger partial charge in [-0.05, 0) is 30.9 Å². The maximum atomic E-state index is 12.4. The summed E-state index contributed by atoms with van der Waals surface area (Å²) in [6.07, 6.45) is 1.53. The summed E-state index contributed by atoms with van der Waals surface area (Å²) in [6, 6.07) is 8.09. The van der Waals surface area contributed by atoms with Crippen molar-refractivity contribution >= 4 is 17.5 Å². The fourth-order valence-electron chi connectivity index (χ4n) is 3.99. The molecule has 6 nitrogen and oxygen atoms in total. The maximum absolute atomic E-state index is 12.4. The normalized spacial score (nSPS) is 24.9. The summed E-state index contributed by atoms with van der Waals surface area (Å²) >= 11 is 0. The van der Waals surface area contributed by atoms with Crippen molar-refractivity contribution in [2.45, 2.75) is 38.3 Å². The zero-order chi connectivity index (χ0) is 18.0. The highest BCUT2D eigenvalue weighted by Gasteiger charge is 2.41. The summed E-state index contributed by atoms with van der Waals surface area (Å²) in [5.41, 5.74) is 2.61. The Hall–Kier alpha value is -2.08. The molecule has 0 saturated heterocycles. The van der Waals surface area contributed by atoms with Gasteiger partial charge in [-0.2, -0.15) is 0 Å². The van der Waals surface area contributed by atoms with Crippen LogP contribution < -0.4 is 10.2 Å². The van der Waals surface area contributed by atoms with Crippen molar-refractivity contribution < 1.29 is 14.7 Å². The van der Waals surface area contributed by atoms with E-state index in [-0.39, 0.29) is 17.9 Å². The summed E-state index contributed by atoms with van der Waals surface area (Å²) in [4.78, 5) is 27.7. The lowest BCUT2D eigenvalue weighted by molar-refractivity contribution is -0.134. The number of aliphatic hydroxyl groups is 1. The van der Waals surface area contributed by atoms with Gasteiger partial charge in [0.25, 0.3) is 0 Å². The topological polar surface area (TPSA) is 72.9 Å². The Bertz CT molecular complexity index is 649. The number of benzene rings is 1. The van der Waals surface area contributed by atoms with Crippen molar-refractivity contribution in [3.63, 3.8) is 0 Å². The molecule has 25 heavy (non-hydrogen) atoms. The number of hydrogen-bond donors (Lipinski definition) is 2. The Morgan fingerprint density at radius 1 is 1.32 bits per heavy atom. The molecule has 1 fully saturated rings. The number of para-hydroxylation sites is 1. The van der Waals surface area contributed by atoms with E-state index in [9.17, 15) is 14.7 Å². The van der Waals surface area contributed by atoms with Gasteiger partial charge in [0.05, 0.1) is 18.1 Å². The third-order valence-corrected chi connectivity index (χ3v) is 5.58.